The summed E-state index contributed by atoms with van der Waals surface area (Å²) in [5.74, 6) is 0.0594. The molecule has 2 aromatic rings. The molecule has 0 radical (unpaired) electrons. The highest BCUT2D eigenvalue weighted by Crippen LogP contribution is 2.61. The van der Waals surface area contributed by atoms with E-state index >= 15 is 4.39 Å². The molecule has 4 heterocycles. The van der Waals surface area contributed by atoms with E-state index in [0.29, 0.717) is 6.61 Å². The Morgan fingerprint density at radius 3 is 2.97 bits per heavy atom. The Kier molecular flexibility index (Phi) is 5.21. The lowest BCUT2D eigenvalue weighted by Crippen LogP contribution is -2.43. The highest BCUT2D eigenvalue weighted by Gasteiger charge is 2.63. The van der Waals surface area contributed by atoms with Crippen molar-refractivity contribution in [1.29, 1.82) is 0 Å². The fourth-order valence-electron chi connectivity index (χ4n) is 3.20. The molecule has 5 atom stereocenters. The van der Waals surface area contributed by atoms with Crippen LogP contribution in [0.3, 0.4) is 0 Å². The van der Waals surface area contributed by atoms with Gasteiger partial charge in [-0.15, -0.1) is 0 Å². The van der Waals surface area contributed by atoms with Crippen LogP contribution in [0.5, 0.6) is 5.88 Å². The van der Waals surface area contributed by atoms with Gasteiger partial charge in [-0.1, -0.05) is 11.6 Å². The van der Waals surface area contributed by atoms with Gasteiger partial charge in [0.05, 0.1) is 25.6 Å². The van der Waals surface area contributed by atoms with Crippen LogP contribution in [0.25, 0.3) is 11.2 Å². The molecule has 29 heavy (non-hydrogen) atoms. The van der Waals surface area contributed by atoms with Crippen molar-refractivity contribution in [2.24, 2.45) is 0 Å². The summed E-state index contributed by atoms with van der Waals surface area (Å²) in [5.41, 5.74) is 6.16. The summed E-state index contributed by atoms with van der Waals surface area (Å²) in [4.78, 5) is 12.3. The molecule has 0 spiro atoms. The van der Waals surface area contributed by atoms with E-state index in [4.69, 9.17) is 40.4 Å². The van der Waals surface area contributed by atoms with Crippen molar-refractivity contribution in [2.45, 2.75) is 50.4 Å². The summed E-state index contributed by atoms with van der Waals surface area (Å²) < 4.78 is 56.4. The number of imidazole rings is 1. The smallest absolute Gasteiger partial charge is 0.475 e. The number of halogens is 2. The van der Waals surface area contributed by atoms with Gasteiger partial charge in [0.15, 0.2) is 23.5 Å². The van der Waals surface area contributed by atoms with Crippen LogP contribution >= 0.6 is 19.4 Å². The van der Waals surface area contributed by atoms with Crippen LogP contribution in [0.1, 0.15) is 27.0 Å². The van der Waals surface area contributed by atoms with Crippen molar-refractivity contribution < 1.29 is 32.0 Å². The van der Waals surface area contributed by atoms with Crippen LogP contribution in [-0.4, -0.2) is 56.2 Å². The molecule has 0 amide bonds. The van der Waals surface area contributed by atoms with Gasteiger partial charge >= 0.3 is 7.82 Å². The number of nitrogen functional groups attached to an aromatic ring is 1. The summed E-state index contributed by atoms with van der Waals surface area (Å²) in [6, 6.07) is 0. The third kappa shape index (κ3) is 3.58. The molecule has 2 saturated heterocycles. The Balaban J connectivity index is 1.70. The zero-order valence-corrected chi connectivity index (χ0v) is 17.5. The predicted octanol–water partition coefficient (Wildman–Crippen LogP) is 2.56. The van der Waals surface area contributed by atoms with Gasteiger partial charge in [0.2, 0.25) is 11.8 Å². The first-order valence-electron chi connectivity index (χ1n) is 8.92. The number of nitrogens with two attached hydrogens (primary N) is 1. The molecule has 11 nitrogen and oxygen atoms in total. The van der Waals surface area contributed by atoms with Crippen LogP contribution in [0.2, 0.25) is 0 Å². The molecule has 2 N–H and O–H groups in total. The average molecular weight is 452 g/mol. The quantitative estimate of drug-likeness (QED) is 0.534. The van der Waals surface area contributed by atoms with Crippen molar-refractivity contribution in [1.82, 2.24) is 19.5 Å². The number of ether oxygens (including phenoxy) is 2. The monoisotopic (exact) mass is 451 g/mol. The number of anilines is 1. The number of rotatable bonds is 5. The molecule has 14 heteroatoms. The number of phosphoric acid groups is 1. The first kappa shape index (κ1) is 20.7. The lowest BCUT2D eigenvalue weighted by atomic mass is 10.1. The van der Waals surface area contributed by atoms with Crippen LogP contribution in [0.4, 0.5) is 10.3 Å². The van der Waals surface area contributed by atoms with Crippen molar-refractivity contribution in [2.75, 3.05) is 18.9 Å². The zero-order valence-electron chi connectivity index (χ0n) is 15.8. The fourth-order valence-corrected chi connectivity index (χ4v) is 5.18. The maximum absolute atomic E-state index is 15.7. The number of alkyl halides is 2. The first-order valence-corrected chi connectivity index (χ1v) is 10.8. The summed E-state index contributed by atoms with van der Waals surface area (Å²) in [7, 11) is -3.99. The number of fused-ring (bicyclic) bond motifs is 2. The topological polar surface area (TPSA) is 133 Å². The van der Waals surface area contributed by atoms with Crippen LogP contribution in [0, 0.1) is 0 Å². The fraction of sp³-hybridized carbons (Fsp3) is 0.667. The third-order valence-corrected chi connectivity index (χ3v) is 6.30. The maximum Gasteiger partial charge on any atom is 0.475 e. The second-order valence-electron chi connectivity index (χ2n) is 6.77. The van der Waals surface area contributed by atoms with E-state index in [2.05, 4.69) is 15.0 Å². The molecule has 2 aliphatic heterocycles. The molecule has 0 unspecified atom stereocenters. The summed E-state index contributed by atoms with van der Waals surface area (Å²) >= 11 is 6.20. The third-order valence-electron chi connectivity index (χ3n) is 4.27. The molecule has 2 fully saturated rings. The number of hydrogen-bond acceptors (Lipinski definition) is 10. The Morgan fingerprint density at radius 1 is 1.52 bits per heavy atom. The van der Waals surface area contributed by atoms with E-state index in [1.54, 1.807) is 20.8 Å². The minimum absolute atomic E-state index is 0.0911. The highest BCUT2D eigenvalue weighted by atomic mass is 35.5. The Labute approximate surface area is 170 Å². The number of phosphoric ester groups is 1. The van der Waals surface area contributed by atoms with E-state index in [9.17, 15) is 4.57 Å². The SMILES string of the molecule is CCOc1nc(N)nc2c1ncn2[C@@H]1O[C@@H]2CO[P@@](=O)(OC(C)C)O[C@H]2[C@@]1(F)Cl. The van der Waals surface area contributed by atoms with Gasteiger partial charge in [-0.25, -0.2) is 13.9 Å². The minimum atomic E-state index is -3.99. The average Bonchev–Trinajstić information content (AvgIpc) is 3.13. The lowest BCUT2D eigenvalue weighted by Gasteiger charge is -2.33. The Bertz CT molecular complexity index is 974. The van der Waals surface area contributed by atoms with Crippen molar-refractivity contribution in [3.05, 3.63) is 6.33 Å². The van der Waals surface area contributed by atoms with Crippen molar-refractivity contribution in [3.8, 4) is 5.88 Å². The van der Waals surface area contributed by atoms with Crippen LogP contribution in [-0.2, 0) is 22.9 Å². The van der Waals surface area contributed by atoms with Crippen LogP contribution < -0.4 is 10.5 Å². The van der Waals surface area contributed by atoms with E-state index in [1.807, 2.05) is 0 Å². The highest BCUT2D eigenvalue weighted by molar-refractivity contribution is 7.48. The normalized spacial score (nSPS) is 34.6. The lowest BCUT2D eigenvalue weighted by molar-refractivity contribution is -0.0733. The largest absolute Gasteiger partial charge is 0.476 e. The Hall–Kier alpha value is -1.56. The summed E-state index contributed by atoms with van der Waals surface area (Å²) in [5, 5.41) is -2.62. The molecule has 2 aliphatic rings. The summed E-state index contributed by atoms with van der Waals surface area (Å²) in [6.07, 6.45) is -2.93. The molecule has 0 bridgehead atoms. The molecule has 2 aromatic heterocycles. The molecule has 0 aromatic carbocycles. The summed E-state index contributed by atoms with van der Waals surface area (Å²) in [6.45, 7) is 5.16. The number of nitrogens with zero attached hydrogens (tertiary/aromatic N) is 4. The van der Waals surface area contributed by atoms with E-state index < -0.39 is 37.5 Å². The maximum atomic E-state index is 15.7. The molecule has 160 valence electrons. The van der Waals surface area contributed by atoms with Crippen LogP contribution in [0.15, 0.2) is 6.33 Å². The first-order chi connectivity index (χ1) is 13.6. The van der Waals surface area contributed by atoms with Gasteiger partial charge in [-0.3, -0.25) is 18.1 Å². The van der Waals surface area contributed by atoms with E-state index in [-0.39, 0.29) is 29.6 Å². The Morgan fingerprint density at radius 2 is 2.28 bits per heavy atom. The number of aromatic nitrogens is 4. The van der Waals surface area contributed by atoms with Gasteiger partial charge in [-0.05, 0) is 20.8 Å². The molecule has 0 aliphatic carbocycles. The predicted molar refractivity (Wildman–Crippen MR) is 99.2 cm³/mol. The minimum Gasteiger partial charge on any atom is -0.476 e. The standard InChI is InChI=1S/C15H20ClFN5O6P/c1-4-24-12-9-11(20-14(18)21-12)22(6-19-9)13-15(16,17)10-8(26-13)5-25-29(23,28-10)27-7(2)3/h6-8,10,13H,4-5H2,1-3H3,(H2,18,20,21)/t8-,10-,13-,15+,29+/m1/s1. The van der Waals surface area contributed by atoms with Crippen molar-refractivity contribution in [3.63, 3.8) is 0 Å². The van der Waals surface area contributed by atoms with Gasteiger partial charge in [-0.2, -0.15) is 9.97 Å². The van der Waals surface area contributed by atoms with Crippen molar-refractivity contribution >= 4 is 36.5 Å². The van der Waals surface area contributed by atoms with Gasteiger partial charge in [0, 0.05) is 0 Å². The zero-order chi connectivity index (χ0) is 21.0. The second kappa shape index (κ2) is 7.29. The van der Waals surface area contributed by atoms with Gasteiger partial charge in [0.25, 0.3) is 5.13 Å². The van der Waals surface area contributed by atoms with E-state index in [1.165, 1.54) is 10.9 Å². The molecule has 4 rings (SSSR count). The van der Waals surface area contributed by atoms with Gasteiger partial charge < -0.3 is 15.2 Å². The second-order valence-corrected chi connectivity index (χ2v) is 8.92. The number of hydrogen-bond donors (Lipinski definition) is 1. The van der Waals surface area contributed by atoms with E-state index in [0.717, 1.165) is 0 Å². The molecular formula is C15H20ClFN5O6P. The van der Waals surface area contributed by atoms with Gasteiger partial charge in [0.1, 0.15) is 6.10 Å². The molecule has 0 saturated carbocycles. The molecular weight excluding hydrogens is 432 g/mol.